The van der Waals surface area contributed by atoms with Crippen molar-refractivity contribution in [3.8, 4) is 27.6 Å². The molecule has 12 nitrogen and oxygen atoms in total. The van der Waals surface area contributed by atoms with Crippen LogP contribution in [0.15, 0.2) is 65.7 Å². The van der Waals surface area contributed by atoms with Crippen molar-refractivity contribution < 1.29 is 35.1 Å². The molecule has 3 heterocycles. The van der Waals surface area contributed by atoms with E-state index in [1.165, 1.54) is 30.7 Å². The molecule has 6 rings (SSSR count). The Labute approximate surface area is 317 Å². The molecule has 0 saturated carbocycles. The molecule has 54 heavy (non-hydrogen) atoms. The first-order valence-corrected chi connectivity index (χ1v) is 20.4. The summed E-state index contributed by atoms with van der Waals surface area (Å²) in [6, 6.07) is 11.2. The number of thiazole rings is 1. The Morgan fingerprint density at radius 2 is 1.72 bits per heavy atom. The van der Waals surface area contributed by atoms with Gasteiger partial charge in [-0.1, -0.05) is 19.9 Å². The van der Waals surface area contributed by atoms with Crippen LogP contribution in [0.5, 0.6) is 5.75 Å². The molecule has 1 atom stereocenters. The normalized spacial score (nSPS) is 14.4. The lowest BCUT2D eigenvalue weighted by Crippen LogP contribution is -2.47. The largest absolute Gasteiger partial charge is 0.506 e. The third-order valence-electron chi connectivity index (χ3n) is 8.72. The van der Waals surface area contributed by atoms with Gasteiger partial charge in [-0.2, -0.15) is 0 Å². The van der Waals surface area contributed by atoms with Crippen LogP contribution in [0, 0.1) is 24.4 Å². The van der Waals surface area contributed by atoms with E-state index in [9.17, 15) is 26.5 Å². The molecule has 5 aromatic rings. The van der Waals surface area contributed by atoms with E-state index in [1.807, 2.05) is 20.8 Å². The number of phenolic OH excluding ortho intramolecular Hbond substituents is 1. The van der Waals surface area contributed by atoms with Crippen LogP contribution in [0.2, 0.25) is 0 Å². The Morgan fingerprint density at radius 1 is 1.00 bits per heavy atom. The van der Waals surface area contributed by atoms with Crippen LogP contribution in [-0.4, -0.2) is 83.2 Å². The summed E-state index contributed by atoms with van der Waals surface area (Å²) in [5, 5.41) is 14.8. The minimum absolute atomic E-state index is 0.0142. The zero-order chi connectivity index (χ0) is 38.7. The number of aryl methyl sites for hydroxylation is 1. The number of hydrogen-bond acceptors (Lipinski definition) is 12. The summed E-state index contributed by atoms with van der Waals surface area (Å²) in [4.78, 5) is 17.4. The van der Waals surface area contributed by atoms with Gasteiger partial charge in [0, 0.05) is 67.8 Å². The molecular weight excluding hydrogens is 764 g/mol. The van der Waals surface area contributed by atoms with Crippen LogP contribution >= 0.6 is 11.3 Å². The first-order valence-electron chi connectivity index (χ1n) is 16.9. The molecule has 1 aliphatic heterocycles. The Balaban J connectivity index is 1.25. The zero-order valence-corrected chi connectivity index (χ0v) is 32.2. The molecule has 0 bridgehead atoms. The Bertz CT molecular complexity index is 2280. The van der Waals surface area contributed by atoms with Crippen molar-refractivity contribution in [2.45, 2.75) is 31.6 Å². The van der Waals surface area contributed by atoms with Crippen LogP contribution < -0.4 is 14.9 Å². The van der Waals surface area contributed by atoms with E-state index in [1.54, 1.807) is 18.2 Å². The van der Waals surface area contributed by atoms with Crippen LogP contribution in [0.25, 0.3) is 21.8 Å². The van der Waals surface area contributed by atoms with Crippen molar-refractivity contribution in [2.24, 2.45) is 0 Å². The predicted octanol–water partition coefficient (Wildman–Crippen LogP) is 6.80. The quantitative estimate of drug-likeness (QED) is 0.108. The number of phenols is 1. The lowest BCUT2D eigenvalue weighted by molar-refractivity contribution is 0.270. The smallest absolute Gasteiger partial charge is 0.267 e. The highest BCUT2D eigenvalue weighted by atomic mass is 32.2. The van der Waals surface area contributed by atoms with Crippen molar-refractivity contribution >= 4 is 55.5 Å². The number of hydrogen-bond donors (Lipinski definition) is 3. The number of sulfonamides is 1. The zero-order valence-electron chi connectivity index (χ0n) is 29.8. The number of anilines is 4. The number of piperazine rings is 1. The van der Waals surface area contributed by atoms with Gasteiger partial charge in [0.1, 0.15) is 23.2 Å². The Hall–Kier alpha value is -4.62. The monoisotopic (exact) mass is 801 g/mol. The minimum atomic E-state index is -4.72. The summed E-state index contributed by atoms with van der Waals surface area (Å²) < 4.78 is 88.9. The predicted molar refractivity (Wildman–Crippen MR) is 205 cm³/mol. The molecule has 0 aliphatic carbocycles. The van der Waals surface area contributed by atoms with Gasteiger partial charge >= 0.3 is 0 Å². The molecule has 1 saturated heterocycles. The van der Waals surface area contributed by atoms with Gasteiger partial charge < -0.3 is 15.3 Å². The number of halogens is 3. The van der Waals surface area contributed by atoms with E-state index in [4.69, 9.17) is 9.17 Å². The SMILES string of the molecule is COS(=O)CCN1CCN(c2cc(O)c(Nc3nccc(-c4sc(C(C)C)nc4-c4cc(NS(=O)(=O)c5c(F)cccc5F)ccc4F)n3)cc2C)CC1. The molecule has 1 fully saturated rings. The number of aromatic nitrogens is 3. The number of rotatable bonds is 13. The van der Waals surface area contributed by atoms with Gasteiger partial charge in [-0.15, -0.1) is 11.3 Å². The van der Waals surface area contributed by atoms with E-state index < -0.39 is 43.5 Å². The maximum Gasteiger partial charge on any atom is 0.267 e. The van der Waals surface area contributed by atoms with E-state index in [-0.39, 0.29) is 34.6 Å². The summed E-state index contributed by atoms with van der Waals surface area (Å²) in [6.45, 7) is 9.46. The summed E-state index contributed by atoms with van der Waals surface area (Å²) in [5.74, 6) is -2.74. The first kappa shape index (κ1) is 39.1. The van der Waals surface area contributed by atoms with Crippen LogP contribution in [-0.2, 0) is 25.3 Å². The van der Waals surface area contributed by atoms with E-state index in [0.717, 1.165) is 67.8 Å². The van der Waals surface area contributed by atoms with E-state index in [0.29, 0.717) is 33.6 Å². The molecule has 1 unspecified atom stereocenters. The fourth-order valence-electron chi connectivity index (χ4n) is 5.95. The van der Waals surface area contributed by atoms with Gasteiger partial charge in [0.15, 0.2) is 16.0 Å². The molecular formula is C36H38F3N7O5S3. The van der Waals surface area contributed by atoms with Gasteiger partial charge in [0.05, 0.1) is 39.8 Å². The van der Waals surface area contributed by atoms with Gasteiger partial charge in [0.25, 0.3) is 10.0 Å². The van der Waals surface area contributed by atoms with Crippen molar-refractivity contribution in [2.75, 3.05) is 60.5 Å². The molecule has 2 aromatic heterocycles. The molecule has 0 amide bonds. The average molecular weight is 802 g/mol. The number of benzene rings is 3. The standard InChI is InChI=1S/C36H38F3N7O5S3/c1-21(2)35-43-32(24-19-23(8-9-25(24)37)44-54(49,50)34-26(38)6-5-7-27(34)39)33(52-35)28-10-11-40-36(41-28)42-29-18-22(3)30(20-31(29)47)46-14-12-45(13-15-46)16-17-53(48)51-4/h5-11,18-21,44,47H,12-17H2,1-4H3,(H,40,41,42). The van der Waals surface area contributed by atoms with Gasteiger partial charge in [0.2, 0.25) is 5.95 Å². The molecule has 3 aromatic carbocycles. The van der Waals surface area contributed by atoms with Crippen molar-refractivity contribution in [1.82, 2.24) is 19.9 Å². The van der Waals surface area contributed by atoms with Gasteiger partial charge in [-0.25, -0.2) is 40.7 Å². The van der Waals surface area contributed by atoms with E-state index in [2.05, 4.69) is 29.8 Å². The van der Waals surface area contributed by atoms with Gasteiger partial charge in [-0.05, 0) is 55.0 Å². The second-order valence-corrected chi connectivity index (χ2v) is 16.8. The highest BCUT2D eigenvalue weighted by Gasteiger charge is 2.26. The lowest BCUT2D eigenvalue weighted by atomic mass is 10.1. The summed E-state index contributed by atoms with van der Waals surface area (Å²) in [6.07, 6.45) is 1.51. The van der Waals surface area contributed by atoms with Crippen LogP contribution in [0.4, 0.5) is 36.2 Å². The first-order chi connectivity index (χ1) is 25.7. The molecule has 3 N–H and O–H groups in total. The Morgan fingerprint density at radius 3 is 2.41 bits per heavy atom. The topological polar surface area (TPSA) is 150 Å². The molecule has 1 aliphatic rings. The average Bonchev–Trinajstić information content (AvgIpc) is 3.59. The second kappa shape index (κ2) is 16.4. The van der Waals surface area contributed by atoms with Crippen molar-refractivity contribution in [3.63, 3.8) is 0 Å². The third kappa shape index (κ3) is 8.68. The number of nitrogens with one attached hydrogen (secondary N) is 2. The number of nitrogens with zero attached hydrogens (tertiary/aromatic N) is 5. The molecule has 286 valence electrons. The maximum absolute atomic E-state index is 15.5. The number of aromatic hydroxyl groups is 1. The molecule has 0 spiro atoms. The summed E-state index contributed by atoms with van der Waals surface area (Å²) >= 11 is -0.0240. The molecule has 18 heteroatoms. The lowest BCUT2D eigenvalue weighted by Gasteiger charge is -2.36. The summed E-state index contributed by atoms with van der Waals surface area (Å²) in [5.41, 5.74) is 2.53. The fraction of sp³-hybridized carbons (Fsp3) is 0.306. The van der Waals surface area contributed by atoms with E-state index >= 15 is 4.39 Å². The molecule has 0 radical (unpaired) electrons. The third-order valence-corrected chi connectivity index (χ3v) is 12.4. The summed E-state index contributed by atoms with van der Waals surface area (Å²) in [7, 11) is -3.30. The maximum atomic E-state index is 15.5. The fourth-order valence-corrected chi connectivity index (χ4v) is 8.76. The minimum Gasteiger partial charge on any atom is -0.506 e. The van der Waals surface area contributed by atoms with Crippen molar-refractivity contribution in [1.29, 1.82) is 0 Å². The highest BCUT2D eigenvalue weighted by Crippen LogP contribution is 2.41. The van der Waals surface area contributed by atoms with Gasteiger partial charge in [-0.3, -0.25) is 13.8 Å². The second-order valence-electron chi connectivity index (χ2n) is 12.8. The Kier molecular flexibility index (Phi) is 11.9. The van der Waals surface area contributed by atoms with Crippen LogP contribution in [0.3, 0.4) is 0 Å². The van der Waals surface area contributed by atoms with Crippen LogP contribution in [0.1, 0.15) is 30.3 Å². The highest BCUT2D eigenvalue weighted by molar-refractivity contribution is 7.92. The van der Waals surface area contributed by atoms with Crippen molar-refractivity contribution in [3.05, 3.63) is 88.8 Å².